The van der Waals surface area contributed by atoms with Crippen LogP contribution in [0.15, 0.2) is 12.2 Å². The van der Waals surface area contributed by atoms with Gasteiger partial charge in [0.2, 0.25) is 9.05 Å². The van der Waals surface area contributed by atoms with E-state index in [0.717, 1.165) is 12.8 Å². The minimum atomic E-state index is -3.31. The second-order valence-corrected chi connectivity index (χ2v) is 6.14. The minimum absolute atomic E-state index is 0.197. The van der Waals surface area contributed by atoms with Crippen molar-refractivity contribution in [3.63, 3.8) is 0 Å². The third-order valence-electron chi connectivity index (χ3n) is 2.58. The normalized spacial score (nSPS) is 41.7. The lowest BCUT2D eigenvalue weighted by Gasteiger charge is -2.13. The molecule has 3 atom stereocenters. The summed E-state index contributed by atoms with van der Waals surface area (Å²) in [6.07, 6.45) is 5.80. The van der Waals surface area contributed by atoms with Crippen molar-refractivity contribution in [1.29, 1.82) is 0 Å². The molecule has 2 bridgehead atoms. The summed E-state index contributed by atoms with van der Waals surface area (Å²) in [6.45, 7) is 0. The van der Waals surface area contributed by atoms with Crippen molar-refractivity contribution < 1.29 is 8.42 Å². The molecule has 0 aliphatic heterocycles. The van der Waals surface area contributed by atoms with E-state index in [9.17, 15) is 8.42 Å². The molecule has 0 heterocycles. The van der Waals surface area contributed by atoms with Gasteiger partial charge >= 0.3 is 0 Å². The van der Waals surface area contributed by atoms with Crippen molar-refractivity contribution >= 4 is 19.7 Å². The van der Waals surface area contributed by atoms with E-state index in [-0.39, 0.29) is 11.2 Å². The maximum absolute atomic E-state index is 11.0. The van der Waals surface area contributed by atoms with Gasteiger partial charge in [-0.2, -0.15) is 0 Å². The van der Waals surface area contributed by atoms with E-state index in [1.165, 1.54) is 0 Å². The van der Waals surface area contributed by atoms with E-state index >= 15 is 0 Å². The summed E-state index contributed by atoms with van der Waals surface area (Å²) in [5.41, 5.74) is 0. The van der Waals surface area contributed by atoms with Crippen molar-refractivity contribution in [3.05, 3.63) is 12.2 Å². The highest BCUT2D eigenvalue weighted by Crippen LogP contribution is 2.43. The zero-order valence-electron chi connectivity index (χ0n) is 5.90. The summed E-state index contributed by atoms with van der Waals surface area (Å²) in [5.74, 6) is 0.668. The molecule has 11 heavy (non-hydrogen) atoms. The van der Waals surface area contributed by atoms with Gasteiger partial charge in [-0.15, -0.1) is 0 Å². The first-order valence-corrected chi connectivity index (χ1v) is 6.06. The molecule has 0 aromatic rings. The lowest BCUT2D eigenvalue weighted by molar-refractivity contribution is 0.575. The smallest absolute Gasteiger partial charge is 0.212 e. The van der Waals surface area contributed by atoms with Crippen LogP contribution in [0.25, 0.3) is 0 Å². The number of allylic oxidation sites excluding steroid dienone is 2. The maximum Gasteiger partial charge on any atom is 0.236 e. The third kappa shape index (κ3) is 1.20. The molecule has 0 aromatic heterocycles. The van der Waals surface area contributed by atoms with E-state index in [1.54, 1.807) is 0 Å². The van der Waals surface area contributed by atoms with Crippen LogP contribution in [0.5, 0.6) is 0 Å². The standard InChI is InChI=1S/C7H9ClO2S/c8-11(9,10)7-4-5-1-2-6(7)3-5/h1-2,5-7H,3-4H2. The van der Waals surface area contributed by atoms with Crippen LogP contribution in [0, 0.1) is 11.8 Å². The molecule has 0 N–H and O–H groups in total. The van der Waals surface area contributed by atoms with Crippen LogP contribution in [0.4, 0.5) is 0 Å². The second kappa shape index (κ2) is 2.23. The molecule has 0 amide bonds. The lowest BCUT2D eigenvalue weighted by atomic mass is 10.1. The average Bonchev–Trinajstić information content (AvgIpc) is 2.42. The first-order valence-electron chi connectivity index (χ1n) is 3.69. The van der Waals surface area contributed by atoms with E-state index in [4.69, 9.17) is 10.7 Å². The molecule has 2 nitrogen and oxygen atoms in total. The monoisotopic (exact) mass is 192 g/mol. The molecule has 2 aliphatic carbocycles. The van der Waals surface area contributed by atoms with E-state index in [0.29, 0.717) is 5.92 Å². The fraction of sp³-hybridized carbons (Fsp3) is 0.714. The third-order valence-corrected chi connectivity index (χ3v) is 4.53. The Balaban J connectivity index is 2.28. The maximum atomic E-state index is 11.0. The molecule has 1 saturated carbocycles. The summed E-state index contributed by atoms with van der Waals surface area (Å²) in [4.78, 5) is 0. The first kappa shape index (κ1) is 7.62. The summed E-state index contributed by atoms with van der Waals surface area (Å²) in [6, 6.07) is 0. The highest BCUT2D eigenvalue weighted by molar-refractivity contribution is 8.14. The van der Waals surface area contributed by atoms with E-state index in [1.807, 2.05) is 6.08 Å². The van der Waals surface area contributed by atoms with E-state index in [2.05, 4.69) is 6.08 Å². The van der Waals surface area contributed by atoms with Gasteiger partial charge in [-0.1, -0.05) is 12.2 Å². The summed E-state index contributed by atoms with van der Waals surface area (Å²) >= 11 is 0. The number of hydrogen-bond acceptors (Lipinski definition) is 2. The van der Waals surface area contributed by atoms with Gasteiger partial charge in [-0.05, 0) is 24.7 Å². The molecule has 0 saturated heterocycles. The van der Waals surface area contributed by atoms with Gasteiger partial charge in [0.15, 0.2) is 0 Å². The lowest BCUT2D eigenvalue weighted by Crippen LogP contribution is -2.20. The minimum Gasteiger partial charge on any atom is -0.212 e. The van der Waals surface area contributed by atoms with Gasteiger partial charge < -0.3 is 0 Å². The molecule has 0 aromatic carbocycles. The Morgan fingerprint density at radius 2 is 2.00 bits per heavy atom. The molecule has 0 radical (unpaired) electrons. The van der Waals surface area contributed by atoms with Crippen molar-refractivity contribution in [2.24, 2.45) is 11.8 Å². The Kier molecular flexibility index (Phi) is 1.55. The molecule has 0 spiro atoms. The first-order chi connectivity index (χ1) is 5.07. The summed E-state index contributed by atoms with van der Waals surface area (Å²) in [5, 5.41) is -0.306. The second-order valence-electron chi connectivity index (χ2n) is 3.29. The molecular weight excluding hydrogens is 184 g/mol. The zero-order chi connectivity index (χ0) is 8.06. The Morgan fingerprint density at radius 1 is 1.27 bits per heavy atom. The van der Waals surface area contributed by atoms with Gasteiger partial charge in [-0.3, -0.25) is 0 Å². The van der Waals surface area contributed by atoms with Gasteiger partial charge in [0.25, 0.3) is 0 Å². The molecule has 62 valence electrons. The van der Waals surface area contributed by atoms with Crippen LogP contribution >= 0.6 is 10.7 Å². The topological polar surface area (TPSA) is 34.1 Å². The fourth-order valence-electron chi connectivity index (χ4n) is 2.05. The molecule has 2 rings (SSSR count). The van der Waals surface area contributed by atoms with Crippen LogP contribution in [0.1, 0.15) is 12.8 Å². The van der Waals surface area contributed by atoms with Crippen LogP contribution in [-0.4, -0.2) is 13.7 Å². The SMILES string of the molecule is O=S(=O)(Cl)C1CC2C=CC1C2. The van der Waals surface area contributed by atoms with Crippen molar-refractivity contribution in [1.82, 2.24) is 0 Å². The average molecular weight is 193 g/mol. The van der Waals surface area contributed by atoms with Crippen LogP contribution in [0.2, 0.25) is 0 Å². The largest absolute Gasteiger partial charge is 0.236 e. The molecular formula is C7H9ClO2S. The van der Waals surface area contributed by atoms with Crippen LogP contribution < -0.4 is 0 Å². The Labute approximate surface area is 70.7 Å². The molecule has 1 fully saturated rings. The van der Waals surface area contributed by atoms with Crippen LogP contribution in [-0.2, 0) is 9.05 Å². The number of halogens is 1. The zero-order valence-corrected chi connectivity index (χ0v) is 7.48. The number of hydrogen-bond donors (Lipinski definition) is 0. The van der Waals surface area contributed by atoms with Crippen molar-refractivity contribution in [3.8, 4) is 0 Å². The number of fused-ring (bicyclic) bond motifs is 2. The highest BCUT2D eigenvalue weighted by atomic mass is 35.7. The number of rotatable bonds is 1. The Hall–Kier alpha value is -0.0200. The highest BCUT2D eigenvalue weighted by Gasteiger charge is 2.42. The van der Waals surface area contributed by atoms with Crippen molar-refractivity contribution in [2.75, 3.05) is 0 Å². The predicted molar refractivity (Wildman–Crippen MR) is 43.9 cm³/mol. The summed E-state index contributed by atoms with van der Waals surface area (Å²) < 4.78 is 21.9. The van der Waals surface area contributed by atoms with Gasteiger partial charge in [0.05, 0.1) is 5.25 Å². The van der Waals surface area contributed by atoms with Crippen LogP contribution in [0.3, 0.4) is 0 Å². The Bertz CT molecular complexity index is 294. The molecule has 2 aliphatic rings. The summed E-state index contributed by atoms with van der Waals surface area (Å²) in [7, 11) is 1.96. The van der Waals surface area contributed by atoms with Crippen molar-refractivity contribution in [2.45, 2.75) is 18.1 Å². The van der Waals surface area contributed by atoms with Gasteiger partial charge in [0.1, 0.15) is 0 Å². The predicted octanol–water partition coefficient (Wildman–Crippen LogP) is 1.52. The molecule has 3 unspecified atom stereocenters. The van der Waals surface area contributed by atoms with E-state index < -0.39 is 9.05 Å². The molecule has 4 heteroatoms. The van der Waals surface area contributed by atoms with Gasteiger partial charge in [0, 0.05) is 10.7 Å². The fourth-order valence-corrected chi connectivity index (χ4v) is 3.77. The quantitative estimate of drug-likeness (QED) is 0.466. The Morgan fingerprint density at radius 3 is 2.27 bits per heavy atom. The van der Waals surface area contributed by atoms with Gasteiger partial charge in [-0.25, -0.2) is 8.42 Å².